The van der Waals surface area contributed by atoms with E-state index in [1.807, 2.05) is 20.8 Å². The van der Waals surface area contributed by atoms with Gasteiger partial charge in [0.05, 0.1) is 0 Å². The fourth-order valence-corrected chi connectivity index (χ4v) is 1.67. The smallest absolute Gasteiger partial charge is 0.125 e. The molecule has 1 aliphatic rings. The number of allylic oxidation sites excluding steroid dienone is 4. The maximum Gasteiger partial charge on any atom is 0.125 e. The van der Waals surface area contributed by atoms with Crippen molar-refractivity contribution < 1.29 is 8.78 Å². The van der Waals surface area contributed by atoms with Gasteiger partial charge < -0.3 is 0 Å². The van der Waals surface area contributed by atoms with E-state index in [1.165, 1.54) is 6.08 Å². The molecule has 1 atom stereocenters. The lowest BCUT2D eigenvalue weighted by atomic mass is 9.76. The Morgan fingerprint density at radius 2 is 2.00 bits per heavy atom. The highest BCUT2D eigenvalue weighted by atomic mass is 19.1. The van der Waals surface area contributed by atoms with Gasteiger partial charge in [0.2, 0.25) is 0 Å². The van der Waals surface area contributed by atoms with Gasteiger partial charge in [-0.2, -0.15) is 0 Å². The molecule has 0 nitrogen and oxygen atoms in total. The van der Waals surface area contributed by atoms with Gasteiger partial charge in [-0.15, -0.1) is 0 Å². The van der Waals surface area contributed by atoms with Crippen molar-refractivity contribution in [2.45, 2.75) is 40.5 Å². The monoisotopic (exact) mass is 200 g/mol. The molecule has 0 aromatic carbocycles. The summed E-state index contributed by atoms with van der Waals surface area (Å²) in [4.78, 5) is 0. The Bertz CT molecular complexity index is 285. The molecule has 0 aromatic rings. The van der Waals surface area contributed by atoms with Crippen LogP contribution in [-0.2, 0) is 0 Å². The Labute approximate surface area is 84.7 Å². The van der Waals surface area contributed by atoms with Crippen LogP contribution in [0.4, 0.5) is 8.78 Å². The quantitative estimate of drug-likeness (QED) is 0.614. The minimum Gasteiger partial charge on any atom is -0.211 e. The Morgan fingerprint density at radius 3 is 2.50 bits per heavy atom. The third-order valence-corrected chi connectivity index (χ3v) is 3.12. The largest absolute Gasteiger partial charge is 0.211 e. The van der Waals surface area contributed by atoms with Crippen molar-refractivity contribution in [3.8, 4) is 0 Å². The Kier molecular flexibility index (Phi) is 3.13. The second-order valence-corrected chi connectivity index (χ2v) is 4.65. The Balaban J connectivity index is 3.16. The summed E-state index contributed by atoms with van der Waals surface area (Å²) in [5, 5.41) is 0. The van der Waals surface area contributed by atoms with Crippen molar-refractivity contribution in [1.29, 1.82) is 0 Å². The number of rotatable bonds is 2. The molecule has 1 rings (SSSR count). The van der Waals surface area contributed by atoms with Crippen molar-refractivity contribution >= 4 is 0 Å². The molecular formula is C12H18F2. The molecule has 14 heavy (non-hydrogen) atoms. The Hall–Kier alpha value is -0.660. The van der Waals surface area contributed by atoms with Crippen LogP contribution in [0.3, 0.4) is 0 Å². The average Bonchev–Trinajstić information content (AvgIpc) is 2.12. The fraction of sp³-hybridized carbons (Fsp3) is 0.667. The molecule has 0 bridgehead atoms. The average molecular weight is 200 g/mol. The number of halogens is 2. The molecule has 2 heteroatoms. The van der Waals surface area contributed by atoms with E-state index in [4.69, 9.17) is 0 Å². The predicted molar refractivity (Wildman–Crippen MR) is 55.2 cm³/mol. The molecule has 0 aliphatic heterocycles. The van der Waals surface area contributed by atoms with Gasteiger partial charge in [0.15, 0.2) is 0 Å². The molecule has 0 radical (unpaired) electrons. The van der Waals surface area contributed by atoms with E-state index in [1.54, 1.807) is 6.92 Å². The summed E-state index contributed by atoms with van der Waals surface area (Å²) in [6.07, 6.45) is 2.71. The summed E-state index contributed by atoms with van der Waals surface area (Å²) >= 11 is 0. The van der Waals surface area contributed by atoms with Crippen LogP contribution < -0.4 is 0 Å². The predicted octanol–water partition coefficient (Wildman–Crippen LogP) is 4.54. The standard InChI is InChI=1S/C12H18F2/c1-5-12(3,4)10-9(13)7-6-8(2)11(10)14/h7-8H,5-6H2,1-4H3. The van der Waals surface area contributed by atoms with Gasteiger partial charge in [-0.05, 0) is 24.3 Å². The van der Waals surface area contributed by atoms with E-state index >= 15 is 0 Å². The van der Waals surface area contributed by atoms with Crippen LogP contribution in [0.25, 0.3) is 0 Å². The lowest BCUT2D eigenvalue weighted by Crippen LogP contribution is -2.19. The van der Waals surface area contributed by atoms with Gasteiger partial charge in [-0.1, -0.05) is 27.7 Å². The number of hydrogen-bond acceptors (Lipinski definition) is 0. The molecule has 0 saturated carbocycles. The van der Waals surface area contributed by atoms with Crippen LogP contribution >= 0.6 is 0 Å². The maximum atomic E-state index is 13.8. The van der Waals surface area contributed by atoms with Crippen LogP contribution in [0.1, 0.15) is 40.5 Å². The van der Waals surface area contributed by atoms with Gasteiger partial charge in [-0.3, -0.25) is 0 Å². The van der Waals surface area contributed by atoms with Crippen LogP contribution in [0.5, 0.6) is 0 Å². The lowest BCUT2D eigenvalue weighted by molar-refractivity contribution is 0.361. The number of hydrogen-bond donors (Lipinski definition) is 0. The van der Waals surface area contributed by atoms with E-state index < -0.39 is 5.41 Å². The van der Waals surface area contributed by atoms with Crippen LogP contribution in [0.2, 0.25) is 0 Å². The van der Waals surface area contributed by atoms with Gasteiger partial charge in [-0.25, -0.2) is 8.78 Å². The highest BCUT2D eigenvalue weighted by molar-refractivity contribution is 5.37. The molecule has 1 unspecified atom stereocenters. The Morgan fingerprint density at radius 1 is 1.43 bits per heavy atom. The fourth-order valence-electron chi connectivity index (χ4n) is 1.67. The summed E-state index contributed by atoms with van der Waals surface area (Å²) in [6, 6.07) is 0. The van der Waals surface area contributed by atoms with Gasteiger partial charge in [0.25, 0.3) is 0 Å². The molecule has 0 spiro atoms. The van der Waals surface area contributed by atoms with Crippen molar-refractivity contribution in [2.75, 3.05) is 0 Å². The highest BCUT2D eigenvalue weighted by Crippen LogP contribution is 2.43. The third kappa shape index (κ3) is 1.89. The van der Waals surface area contributed by atoms with E-state index in [0.717, 1.165) is 6.42 Å². The summed E-state index contributed by atoms with van der Waals surface area (Å²) < 4.78 is 27.3. The van der Waals surface area contributed by atoms with Crippen LogP contribution in [0, 0.1) is 11.3 Å². The first-order chi connectivity index (χ1) is 6.40. The molecule has 0 N–H and O–H groups in total. The molecule has 0 fully saturated rings. The first-order valence-electron chi connectivity index (χ1n) is 5.16. The molecule has 0 amide bonds. The van der Waals surface area contributed by atoms with Gasteiger partial charge in [0.1, 0.15) is 11.7 Å². The summed E-state index contributed by atoms with van der Waals surface area (Å²) in [5.41, 5.74) is -0.127. The van der Waals surface area contributed by atoms with E-state index in [9.17, 15) is 8.78 Å². The van der Waals surface area contributed by atoms with Gasteiger partial charge >= 0.3 is 0 Å². The summed E-state index contributed by atoms with van der Waals surface area (Å²) in [7, 11) is 0. The van der Waals surface area contributed by atoms with Crippen molar-refractivity contribution in [3.63, 3.8) is 0 Å². The minimum absolute atomic E-state index is 0.171. The molecule has 0 aromatic heterocycles. The zero-order chi connectivity index (χ0) is 10.9. The summed E-state index contributed by atoms with van der Waals surface area (Å²) in [5.74, 6) is -0.806. The first-order valence-corrected chi connectivity index (χ1v) is 5.16. The first kappa shape index (κ1) is 11.4. The molecule has 0 saturated heterocycles. The highest BCUT2D eigenvalue weighted by Gasteiger charge is 2.32. The van der Waals surface area contributed by atoms with E-state index in [-0.39, 0.29) is 23.1 Å². The normalized spacial score (nSPS) is 23.9. The maximum absolute atomic E-state index is 13.8. The molecular weight excluding hydrogens is 182 g/mol. The lowest BCUT2D eigenvalue weighted by Gasteiger charge is -2.30. The zero-order valence-corrected chi connectivity index (χ0v) is 9.32. The van der Waals surface area contributed by atoms with Gasteiger partial charge in [0, 0.05) is 11.5 Å². The third-order valence-electron chi connectivity index (χ3n) is 3.12. The molecule has 80 valence electrons. The second kappa shape index (κ2) is 3.84. The molecule has 0 heterocycles. The SMILES string of the molecule is CCC(C)(C)C1=C(F)C(C)CC=C1F. The van der Waals surface area contributed by atoms with Crippen molar-refractivity contribution in [2.24, 2.45) is 11.3 Å². The second-order valence-electron chi connectivity index (χ2n) is 4.65. The summed E-state index contributed by atoms with van der Waals surface area (Å²) in [6.45, 7) is 7.51. The topological polar surface area (TPSA) is 0 Å². The minimum atomic E-state index is -0.403. The van der Waals surface area contributed by atoms with Crippen molar-refractivity contribution in [1.82, 2.24) is 0 Å². The molecule has 1 aliphatic carbocycles. The van der Waals surface area contributed by atoms with E-state index in [2.05, 4.69) is 0 Å². The van der Waals surface area contributed by atoms with E-state index in [0.29, 0.717) is 6.42 Å². The van der Waals surface area contributed by atoms with Crippen LogP contribution in [0.15, 0.2) is 23.3 Å². The van der Waals surface area contributed by atoms with Crippen molar-refractivity contribution in [3.05, 3.63) is 23.3 Å². The zero-order valence-electron chi connectivity index (χ0n) is 9.32. The van der Waals surface area contributed by atoms with Crippen LogP contribution in [-0.4, -0.2) is 0 Å².